The van der Waals surface area contributed by atoms with Crippen molar-refractivity contribution in [1.82, 2.24) is 0 Å². The minimum atomic E-state index is -1.10. The Morgan fingerprint density at radius 3 is 2.63 bits per heavy atom. The molecule has 0 fully saturated rings. The molecule has 0 aliphatic carbocycles. The van der Waals surface area contributed by atoms with Crippen molar-refractivity contribution in [2.75, 3.05) is 5.32 Å². The number of amides is 1. The fraction of sp³-hybridized carbons (Fsp3) is 0.385. The van der Waals surface area contributed by atoms with Gasteiger partial charge in [-0.25, -0.2) is 0 Å². The van der Waals surface area contributed by atoms with Gasteiger partial charge >= 0.3 is 0 Å². The van der Waals surface area contributed by atoms with E-state index in [4.69, 9.17) is 5.26 Å². The molecule has 1 aromatic rings. The van der Waals surface area contributed by atoms with Crippen LogP contribution >= 0.6 is 0 Å². The topological polar surface area (TPSA) is 96.0 Å². The van der Waals surface area contributed by atoms with Crippen LogP contribution in [0.15, 0.2) is 18.2 Å². The second-order valence-corrected chi connectivity index (χ2v) is 4.51. The smallest absolute Gasteiger partial charge is 0.272 e. The van der Waals surface area contributed by atoms with Crippen LogP contribution < -0.4 is 5.32 Å². The van der Waals surface area contributed by atoms with Crippen molar-refractivity contribution >= 4 is 17.3 Å². The maximum atomic E-state index is 12.0. The zero-order chi connectivity index (χ0) is 14.6. The molecule has 0 aliphatic rings. The molecule has 0 saturated heterocycles. The molecule has 0 saturated carbocycles. The van der Waals surface area contributed by atoms with Crippen LogP contribution in [0, 0.1) is 33.8 Å². The van der Waals surface area contributed by atoms with Gasteiger partial charge in [0.25, 0.3) is 5.69 Å². The first-order valence-electron chi connectivity index (χ1n) is 5.82. The quantitative estimate of drug-likeness (QED) is 0.665. The molecule has 0 aliphatic heterocycles. The van der Waals surface area contributed by atoms with E-state index in [1.54, 1.807) is 20.8 Å². The molecule has 1 amide bonds. The first-order valence-corrected chi connectivity index (χ1v) is 5.82. The van der Waals surface area contributed by atoms with Crippen molar-refractivity contribution in [3.8, 4) is 6.07 Å². The van der Waals surface area contributed by atoms with Crippen molar-refractivity contribution < 1.29 is 9.72 Å². The van der Waals surface area contributed by atoms with Crippen LogP contribution in [0.5, 0.6) is 0 Å². The summed E-state index contributed by atoms with van der Waals surface area (Å²) in [5, 5.41) is 22.3. The van der Waals surface area contributed by atoms with Crippen molar-refractivity contribution in [3.63, 3.8) is 0 Å². The van der Waals surface area contributed by atoms with E-state index in [0.29, 0.717) is 17.7 Å². The molecule has 100 valence electrons. The number of nitro groups is 1. The molecule has 1 rings (SSSR count). The van der Waals surface area contributed by atoms with E-state index in [-0.39, 0.29) is 5.69 Å². The number of benzene rings is 1. The number of nitriles is 1. The predicted octanol–water partition coefficient (Wildman–Crippen LogP) is 2.78. The summed E-state index contributed by atoms with van der Waals surface area (Å²) in [6.07, 6.45) is 0.390. The Morgan fingerprint density at radius 1 is 1.58 bits per heavy atom. The fourth-order valence-electron chi connectivity index (χ4n) is 1.50. The summed E-state index contributed by atoms with van der Waals surface area (Å²) in [5.41, 5.74) is -0.201. The fourth-order valence-corrected chi connectivity index (χ4v) is 1.50. The number of hydrogen-bond donors (Lipinski definition) is 1. The van der Waals surface area contributed by atoms with Crippen LogP contribution in [0.4, 0.5) is 11.4 Å². The number of aryl methyl sites for hydroxylation is 1. The molecule has 0 aromatic heterocycles. The van der Waals surface area contributed by atoms with E-state index in [2.05, 4.69) is 5.32 Å². The molecule has 19 heavy (non-hydrogen) atoms. The number of nitrogens with one attached hydrogen (secondary N) is 1. The summed E-state index contributed by atoms with van der Waals surface area (Å²) in [5.74, 6) is -0.411. The Hall–Kier alpha value is -2.42. The van der Waals surface area contributed by atoms with Crippen LogP contribution in [0.2, 0.25) is 0 Å². The third-order valence-corrected chi connectivity index (χ3v) is 3.11. The van der Waals surface area contributed by atoms with Crippen LogP contribution in [0.25, 0.3) is 0 Å². The molecule has 6 heteroatoms. The maximum Gasteiger partial charge on any atom is 0.272 e. The third-order valence-electron chi connectivity index (χ3n) is 3.11. The van der Waals surface area contributed by atoms with Gasteiger partial charge < -0.3 is 5.32 Å². The van der Waals surface area contributed by atoms with Gasteiger partial charge in [0.1, 0.15) is 5.41 Å². The largest absolute Gasteiger partial charge is 0.325 e. The number of hydrogen-bond acceptors (Lipinski definition) is 4. The van der Waals surface area contributed by atoms with Crippen LogP contribution in [0.3, 0.4) is 0 Å². The average molecular weight is 261 g/mol. The van der Waals surface area contributed by atoms with Gasteiger partial charge in [-0.15, -0.1) is 0 Å². The Balaban J connectivity index is 2.97. The molecule has 1 N–H and O–H groups in total. The SMILES string of the molecule is CCC(C)(C#N)C(=O)Nc1ccc([N+](=O)[O-])c(C)c1. The normalized spacial score (nSPS) is 13.2. The molecule has 1 aromatic carbocycles. The summed E-state index contributed by atoms with van der Waals surface area (Å²) in [4.78, 5) is 22.2. The number of anilines is 1. The Morgan fingerprint density at radius 2 is 2.21 bits per heavy atom. The summed E-state index contributed by atoms with van der Waals surface area (Å²) >= 11 is 0. The Kier molecular flexibility index (Phi) is 4.22. The van der Waals surface area contributed by atoms with Gasteiger partial charge in [-0.1, -0.05) is 6.92 Å². The van der Waals surface area contributed by atoms with Crippen molar-refractivity contribution in [1.29, 1.82) is 5.26 Å². The lowest BCUT2D eigenvalue weighted by molar-refractivity contribution is -0.385. The molecule has 0 spiro atoms. The van der Waals surface area contributed by atoms with Gasteiger partial charge in [-0.2, -0.15) is 5.26 Å². The minimum absolute atomic E-state index is 0.00321. The second-order valence-electron chi connectivity index (χ2n) is 4.51. The van der Waals surface area contributed by atoms with Gasteiger partial charge in [0.05, 0.1) is 11.0 Å². The zero-order valence-corrected chi connectivity index (χ0v) is 11.1. The highest BCUT2D eigenvalue weighted by atomic mass is 16.6. The van der Waals surface area contributed by atoms with E-state index < -0.39 is 16.2 Å². The van der Waals surface area contributed by atoms with Gasteiger partial charge in [0.2, 0.25) is 5.91 Å². The Labute approximate surface area is 111 Å². The highest BCUT2D eigenvalue weighted by molar-refractivity contribution is 5.97. The number of carbonyl (C=O) groups is 1. The monoisotopic (exact) mass is 261 g/mol. The van der Waals surface area contributed by atoms with E-state index in [9.17, 15) is 14.9 Å². The van der Waals surface area contributed by atoms with Gasteiger partial charge in [0, 0.05) is 17.3 Å². The number of rotatable bonds is 4. The van der Waals surface area contributed by atoms with Crippen molar-refractivity contribution in [2.45, 2.75) is 27.2 Å². The van der Waals surface area contributed by atoms with Gasteiger partial charge in [-0.05, 0) is 32.4 Å². The molecule has 1 atom stereocenters. The van der Waals surface area contributed by atoms with Crippen LogP contribution in [0.1, 0.15) is 25.8 Å². The predicted molar refractivity (Wildman–Crippen MR) is 70.5 cm³/mol. The molecule has 1 unspecified atom stereocenters. The summed E-state index contributed by atoms with van der Waals surface area (Å²) in [6.45, 7) is 4.90. The summed E-state index contributed by atoms with van der Waals surface area (Å²) in [6, 6.07) is 6.28. The first-order chi connectivity index (χ1) is 8.84. The van der Waals surface area contributed by atoms with E-state index >= 15 is 0 Å². The first kappa shape index (κ1) is 14.6. The molecule has 0 radical (unpaired) electrons. The van der Waals surface area contributed by atoms with E-state index in [1.807, 2.05) is 6.07 Å². The number of carbonyl (C=O) groups excluding carboxylic acids is 1. The third kappa shape index (κ3) is 3.07. The molecular weight excluding hydrogens is 246 g/mol. The van der Waals surface area contributed by atoms with E-state index in [0.717, 1.165) is 0 Å². The number of nitrogens with zero attached hydrogens (tertiary/aromatic N) is 2. The maximum absolute atomic E-state index is 12.0. The molecular formula is C13H15N3O3. The highest BCUT2D eigenvalue weighted by Gasteiger charge is 2.31. The Bertz CT molecular complexity index is 563. The lowest BCUT2D eigenvalue weighted by atomic mass is 9.88. The molecule has 6 nitrogen and oxygen atoms in total. The minimum Gasteiger partial charge on any atom is -0.325 e. The molecule has 0 heterocycles. The van der Waals surface area contributed by atoms with Crippen LogP contribution in [-0.2, 0) is 4.79 Å². The highest BCUT2D eigenvalue weighted by Crippen LogP contribution is 2.25. The van der Waals surface area contributed by atoms with Gasteiger partial charge in [0.15, 0.2) is 0 Å². The lowest BCUT2D eigenvalue weighted by Crippen LogP contribution is -2.31. The number of nitro benzene ring substituents is 1. The van der Waals surface area contributed by atoms with Crippen LogP contribution in [-0.4, -0.2) is 10.8 Å². The summed E-state index contributed by atoms with van der Waals surface area (Å²) < 4.78 is 0. The summed E-state index contributed by atoms with van der Waals surface area (Å²) in [7, 11) is 0. The van der Waals surface area contributed by atoms with Gasteiger partial charge in [-0.3, -0.25) is 14.9 Å². The standard InChI is InChI=1S/C13H15N3O3/c1-4-13(3,8-14)12(17)15-10-5-6-11(16(18)19)9(2)7-10/h5-7H,4H2,1-3H3,(H,15,17). The lowest BCUT2D eigenvalue weighted by Gasteiger charge is -2.18. The second kappa shape index (κ2) is 5.48. The van der Waals surface area contributed by atoms with Crippen molar-refractivity contribution in [3.05, 3.63) is 33.9 Å². The van der Waals surface area contributed by atoms with Crippen molar-refractivity contribution in [2.24, 2.45) is 5.41 Å². The van der Waals surface area contributed by atoms with E-state index in [1.165, 1.54) is 18.2 Å². The zero-order valence-electron chi connectivity index (χ0n) is 11.1. The molecule has 0 bridgehead atoms. The average Bonchev–Trinajstić information content (AvgIpc) is 2.37.